The first kappa shape index (κ1) is 16.1. The minimum absolute atomic E-state index is 0.355. The van der Waals surface area contributed by atoms with Crippen molar-refractivity contribution >= 4 is 43.5 Å². The van der Waals surface area contributed by atoms with E-state index in [0.717, 1.165) is 11.0 Å². The highest BCUT2D eigenvalue weighted by Gasteiger charge is 2.21. The van der Waals surface area contributed by atoms with Gasteiger partial charge in [0, 0.05) is 12.7 Å². The molecule has 122 valence electrons. The summed E-state index contributed by atoms with van der Waals surface area (Å²) in [5, 5.41) is 5.78. The predicted octanol–water partition coefficient (Wildman–Crippen LogP) is 2.45. The van der Waals surface area contributed by atoms with Gasteiger partial charge < -0.3 is 10.6 Å². The van der Waals surface area contributed by atoms with Crippen LogP contribution in [0.5, 0.6) is 0 Å². The molecule has 10 heteroatoms. The molecule has 2 aromatic heterocycles. The van der Waals surface area contributed by atoms with E-state index in [1.54, 1.807) is 6.20 Å². The molecule has 2 heterocycles. The molecule has 0 unspecified atom stereocenters. The summed E-state index contributed by atoms with van der Waals surface area (Å²) < 4.78 is 31.6. The highest BCUT2D eigenvalue weighted by atomic mass is 79.9. The van der Waals surface area contributed by atoms with Crippen molar-refractivity contribution in [3.8, 4) is 0 Å². The average Bonchev–Trinajstić information content (AvgIpc) is 3.32. The highest BCUT2D eigenvalue weighted by Crippen LogP contribution is 2.30. The lowest BCUT2D eigenvalue weighted by Gasteiger charge is -2.09. The van der Waals surface area contributed by atoms with Crippen LogP contribution >= 0.6 is 15.9 Å². The van der Waals surface area contributed by atoms with Crippen molar-refractivity contribution in [1.29, 1.82) is 0 Å². The number of rotatable bonds is 6. The SMILES string of the molecule is O=S(=O)(O)c1ccc(Nc2ncc(Br)c(NCC3CC3)n2)cn1. The number of nitrogens with zero attached hydrogens (tertiary/aromatic N) is 3. The molecule has 3 rings (SSSR count). The number of aromatic nitrogens is 3. The van der Waals surface area contributed by atoms with Crippen LogP contribution in [0.15, 0.2) is 34.0 Å². The summed E-state index contributed by atoms with van der Waals surface area (Å²) in [6, 6.07) is 2.67. The molecule has 0 bridgehead atoms. The van der Waals surface area contributed by atoms with Crippen molar-refractivity contribution in [2.75, 3.05) is 17.2 Å². The topological polar surface area (TPSA) is 117 Å². The van der Waals surface area contributed by atoms with Crippen LogP contribution in [-0.4, -0.2) is 34.5 Å². The Hall–Kier alpha value is -1.78. The number of hydrogen-bond acceptors (Lipinski definition) is 7. The molecule has 0 amide bonds. The highest BCUT2D eigenvalue weighted by molar-refractivity contribution is 9.10. The minimum atomic E-state index is -4.30. The molecule has 0 atom stereocenters. The number of hydrogen-bond donors (Lipinski definition) is 3. The lowest BCUT2D eigenvalue weighted by atomic mass is 10.4. The van der Waals surface area contributed by atoms with Gasteiger partial charge in [-0.2, -0.15) is 13.4 Å². The Labute approximate surface area is 141 Å². The molecule has 0 aliphatic heterocycles. The van der Waals surface area contributed by atoms with Gasteiger partial charge in [0.2, 0.25) is 5.95 Å². The Morgan fingerprint density at radius 2 is 2.04 bits per heavy atom. The van der Waals surface area contributed by atoms with Crippen molar-refractivity contribution in [3.63, 3.8) is 0 Å². The van der Waals surface area contributed by atoms with Crippen molar-refractivity contribution in [3.05, 3.63) is 29.0 Å². The minimum Gasteiger partial charge on any atom is -0.369 e. The van der Waals surface area contributed by atoms with Crippen LogP contribution in [-0.2, 0) is 10.1 Å². The fourth-order valence-corrected chi connectivity index (χ4v) is 2.61. The molecule has 1 saturated carbocycles. The van der Waals surface area contributed by atoms with E-state index in [0.29, 0.717) is 23.4 Å². The first-order valence-corrected chi connectivity index (χ1v) is 9.12. The Morgan fingerprint density at radius 3 is 2.65 bits per heavy atom. The van der Waals surface area contributed by atoms with E-state index in [4.69, 9.17) is 4.55 Å². The number of nitrogens with one attached hydrogen (secondary N) is 2. The van der Waals surface area contributed by atoms with E-state index in [-0.39, 0.29) is 0 Å². The lowest BCUT2D eigenvalue weighted by molar-refractivity contribution is 0.479. The number of anilines is 3. The standard InChI is InChI=1S/C13H14BrN5O3S/c14-10-7-17-13(19-12(10)16-5-8-1-2-8)18-9-3-4-11(15-6-9)23(20,21)22/h3-4,6-8H,1-2,5H2,(H,20,21,22)(H2,16,17,18,19). The van der Waals surface area contributed by atoms with Gasteiger partial charge in [0.1, 0.15) is 5.82 Å². The molecule has 3 N–H and O–H groups in total. The molecule has 0 aromatic carbocycles. The van der Waals surface area contributed by atoms with E-state index in [9.17, 15) is 8.42 Å². The maximum absolute atomic E-state index is 11.0. The second-order valence-electron chi connectivity index (χ2n) is 5.20. The normalized spacial score (nSPS) is 14.5. The molecular weight excluding hydrogens is 386 g/mol. The number of pyridine rings is 1. The first-order valence-electron chi connectivity index (χ1n) is 6.89. The summed E-state index contributed by atoms with van der Waals surface area (Å²) in [4.78, 5) is 12.2. The van der Waals surface area contributed by atoms with Gasteiger partial charge in [0.25, 0.3) is 0 Å². The van der Waals surface area contributed by atoms with Crippen LogP contribution in [0.2, 0.25) is 0 Å². The average molecular weight is 400 g/mol. The van der Waals surface area contributed by atoms with Crippen molar-refractivity contribution < 1.29 is 13.0 Å². The van der Waals surface area contributed by atoms with Crippen molar-refractivity contribution in [2.24, 2.45) is 5.92 Å². The molecule has 1 aliphatic carbocycles. The third kappa shape index (κ3) is 4.36. The Bertz CT molecular complexity index is 809. The van der Waals surface area contributed by atoms with Gasteiger partial charge in [-0.05, 0) is 46.8 Å². The van der Waals surface area contributed by atoms with Crippen molar-refractivity contribution in [1.82, 2.24) is 15.0 Å². The van der Waals surface area contributed by atoms with Crippen molar-refractivity contribution in [2.45, 2.75) is 17.9 Å². The van der Waals surface area contributed by atoms with Crippen LogP contribution in [0.3, 0.4) is 0 Å². The van der Waals surface area contributed by atoms with E-state index in [2.05, 4.69) is 41.5 Å². The third-order valence-corrected chi connectivity index (χ3v) is 4.61. The second-order valence-corrected chi connectivity index (χ2v) is 7.42. The lowest BCUT2D eigenvalue weighted by Crippen LogP contribution is -2.08. The molecule has 1 fully saturated rings. The zero-order valence-electron chi connectivity index (χ0n) is 11.9. The molecular formula is C13H14BrN5O3S. The summed E-state index contributed by atoms with van der Waals surface area (Å²) in [5.41, 5.74) is 0.507. The van der Waals surface area contributed by atoms with E-state index in [1.165, 1.54) is 31.2 Å². The van der Waals surface area contributed by atoms with Crippen LogP contribution in [0.4, 0.5) is 17.5 Å². The molecule has 0 spiro atoms. The summed E-state index contributed by atoms with van der Waals surface area (Å²) in [5.74, 6) is 1.76. The van der Waals surface area contributed by atoms with Crippen LogP contribution < -0.4 is 10.6 Å². The van der Waals surface area contributed by atoms with Crippen LogP contribution in [0, 0.1) is 5.92 Å². The molecule has 23 heavy (non-hydrogen) atoms. The first-order chi connectivity index (χ1) is 10.9. The molecule has 0 saturated heterocycles. The smallest absolute Gasteiger partial charge is 0.312 e. The maximum Gasteiger partial charge on any atom is 0.312 e. The van der Waals surface area contributed by atoms with Gasteiger partial charge in [-0.15, -0.1) is 0 Å². The van der Waals surface area contributed by atoms with Gasteiger partial charge >= 0.3 is 10.1 Å². The summed E-state index contributed by atoms with van der Waals surface area (Å²) >= 11 is 3.40. The molecule has 1 aliphatic rings. The van der Waals surface area contributed by atoms with Crippen LogP contribution in [0.1, 0.15) is 12.8 Å². The fraction of sp³-hybridized carbons (Fsp3) is 0.308. The van der Waals surface area contributed by atoms with E-state index in [1.807, 2.05) is 0 Å². The van der Waals surface area contributed by atoms with Gasteiger partial charge in [0.05, 0.1) is 16.4 Å². The Morgan fingerprint density at radius 1 is 1.26 bits per heavy atom. The summed E-state index contributed by atoms with van der Waals surface area (Å²) in [6.45, 7) is 0.875. The largest absolute Gasteiger partial charge is 0.369 e. The van der Waals surface area contributed by atoms with Gasteiger partial charge in [-0.3, -0.25) is 4.55 Å². The molecule has 2 aromatic rings. The van der Waals surface area contributed by atoms with Crippen LogP contribution in [0.25, 0.3) is 0 Å². The fourth-order valence-electron chi connectivity index (χ4n) is 1.85. The number of halogens is 1. The Kier molecular flexibility index (Phi) is 4.46. The second kappa shape index (κ2) is 6.38. The van der Waals surface area contributed by atoms with Gasteiger partial charge in [0.15, 0.2) is 5.03 Å². The van der Waals surface area contributed by atoms with Gasteiger partial charge in [-0.1, -0.05) is 0 Å². The predicted molar refractivity (Wildman–Crippen MR) is 88.3 cm³/mol. The summed E-state index contributed by atoms with van der Waals surface area (Å²) in [6.07, 6.45) is 5.40. The van der Waals surface area contributed by atoms with Gasteiger partial charge in [-0.25, -0.2) is 9.97 Å². The maximum atomic E-state index is 11.0. The molecule has 0 radical (unpaired) electrons. The zero-order chi connectivity index (χ0) is 16.4. The third-order valence-electron chi connectivity index (χ3n) is 3.26. The monoisotopic (exact) mass is 399 g/mol. The van der Waals surface area contributed by atoms with E-state index >= 15 is 0 Å². The zero-order valence-corrected chi connectivity index (χ0v) is 14.3. The quantitative estimate of drug-likeness (QED) is 0.633. The van der Waals surface area contributed by atoms with E-state index < -0.39 is 15.1 Å². The summed E-state index contributed by atoms with van der Waals surface area (Å²) in [7, 11) is -4.30. The molecule has 8 nitrogen and oxygen atoms in total. The Balaban J connectivity index is 1.72.